The number of hydrogen-bond acceptors (Lipinski definition) is 5. The van der Waals surface area contributed by atoms with Crippen molar-refractivity contribution in [2.24, 2.45) is 0 Å². The third-order valence-corrected chi connectivity index (χ3v) is 6.71. The number of nitrogens with zero attached hydrogens (tertiary/aromatic N) is 3. The Bertz CT molecular complexity index is 1470. The van der Waals surface area contributed by atoms with Crippen LogP contribution in [0, 0.1) is 18.3 Å². The second kappa shape index (κ2) is 11.7. The highest BCUT2D eigenvalue weighted by Crippen LogP contribution is 2.32. The predicted molar refractivity (Wildman–Crippen MR) is 140 cm³/mol. The molecule has 4 rings (SSSR count). The summed E-state index contributed by atoms with van der Waals surface area (Å²) in [6.07, 6.45) is 4.37. The molecule has 4 aromatic rings. The lowest BCUT2D eigenvalue weighted by Crippen LogP contribution is -1.99. The van der Waals surface area contributed by atoms with Crippen molar-refractivity contribution in [2.45, 2.75) is 24.1 Å². The van der Waals surface area contributed by atoms with E-state index in [-0.39, 0.29) is 22.1 Å². The summed E-state index contributed by atoms with van der Waals surface area (Å²) in [6.45, 7) is 1.62. The number of methoxy groups -OCH3 is 1. The Balaban J connectivity index is 1.51. The first-order valence-corrected chi connectivity index (χ1v) is 12.3. The highest BCUT2D eigenvalue weighted by atomic mass is 32.2. The normalized spacial score (nSPS) is 11.1. The summed E-state index contributed by atoms with van der Waals surface area (Å²) in [4.78, 5) is 16.7. The van der Waals surface area contributed by atoms with E-state index in [0.29, 0.717) is 22.6 Å². The van der Waals surface area contributed by atoms with E-state index in [1.165, 1.54) is 23.9 Å². The van der Waals surface area contributed by atoms with Gasteiger partial charge in [-0.05, 0) is 78.7 Å². The lowest BCUT2D eigenvalue weighted by Gasteiger charge is -2.12. The van der Waals surface area contributed by atoms with Gasteiger partial charge in [0.05, 0.1) is 12.7 Å². The number of aryl methyl sites for hydroxylation is 1. The SMILES string of the molecule is COc1ccc(/C=C/C(=O)c2ccc(-n3cccc3)cc2)cc1CSc1nc(C(F)F)cc(C)c1C#N. The summed E-state index contributed by atoms with van der Waals surface area (Å²) in [6, 6.07) is 20.0. The van der Waals surface area contributed by atoms with Crippen LogP contribution in [0.15, 0.2) is 84.2 Å². The first-order chi connectivity index (χ1) is 17.9. The fourth-order valence-corrected chi connectivity index (χ4v) is 4.79. The van der Waals surface area contributed by atoms with Gasteiger partial charge in [0, 0.05) is 35.0 Å². The number of pyridine rings is 1. The largest absolute Gasteiger partial charge is 0.496 e. The maximum Gasteiger partial charge on any atom is 0.280 e. The molecule has 0 amide bonds. The molecule has 2 aromatic carbocycles. The average molecular weight is 516 g/mol. The third-order valence-electron chi connectivity index (χ3n) is 5.69. The number of nitriles is 1. The average Bonchev–Trinajstić information content (AvgIpc) is 3.45. The van der Waals surface area contributed by atoms with Crippen LogP contribution in [0.5, 0.6) is 5.75 Å². The Morgan fingerprint density at radius 1 is 1.16 bits per heavy atom. The Morgan fingerprint density at radius 2 is 1.89 bits per heavy atom. The van der Waals surface area contributed by atoms with Gasteiger partial charge in [0.25, 0.3) is 6.43 Å². The standard InChI is InChI=1S/C29H23F2N3O2S/c1-19-15-25(28(30)31)33-29(24(19)17-32)37-18-22-16-20(6-12-27(22)36-2)5-11-26(35)21-7-9-23(10-8-21)34-13-3-4-14-34/h3-16,28H,18H2,1-2H3/b11-5+. The zero-order chi connectivity index (χ0) is 26.4. The van der Waals surface area contributed by atoms with Crippen molar-refractivity contribution in [3.05, 3.63) is 113 Å². The molecule has 0 aliphatic rings. The minimum atomic E-state index is -2.73. The van der Waals surface area contributed by atoms with Crippen LogP contribution in [0.4, 0.5) is 8.78 Å². The highest BCUT2D eigenvalue weighted by molar-refractivity contribution is 7.98. The molecule has 5 nitrogen and oxygen atoms in total. The summed E-state index contributed by atoms with van der Waals surface area (Å²) in [5, 5.41) is 9.74. The number of benzene rings is 2. The number of halogens is 2. The molecule has 186 valence electrons. The molecule has 0 aliphatic heterocycles. The van der Waals surface area contributed by atoms with E-state index in [0.717, 1.165) is 16.8 Å². The maximum atomic E-state index is 13.2. The molecule has 0 N–H and O–H groups in total. The Labute approximate surface area is 218 Å². The number of ketones is 1. The number of allylic oxidation sites excluding steroid dienone is 1. The van der Waals surface area contributed by atoms with Crippen molar-refractivity contribution in [3.8, 4) is 17.5 Å². The van der Waals surface area contributed by atoms with Crippen LogP contribution in [0.1, 0.15) is 44.7 Å². The van der Waals surface area contributed by atoms with Crippen LogP contribution in [0.25, 0.3) is 11.8 Å². The number of carbonyl (C=O) groups is 1. The topological polar surface area (TPSA) is 67.9 Å². The lowest BCUT2D eigenvalue weighted by molar-refractivity contribution is 0.104. The zero-order valence-electron chi connectivity index (χ0n) is 20.2. The van der Waals surface area contributed by atoms with Gasteiger partial charge in [-0.25, -0.2) is 13.8 Å². The van der Waals surface area contributed by atoms with Crippen LogP contribution >= 0.6 is 11.8 Å². The van der Waals surface area contributed by atoms with E-state index >= 15 is 0 Å². The molecule has 0 bridgehead atoms. The van der Waals surface area contributed by atoms with Gasteiger partial charge in [0.1, 0.15) is 22.5 Å². The monoisotopic (exact) mass is 515 g/mol. The van der Waals surface area contributed by atoms with Crippen molar-refractivity contribution >= 4 is 23.6 Å². The molecule has 0 saturated heterocycles. The predicted octanol–water partition coefficient (Wildman–Crippen LogP) is 7.19. The van der Waals surface area contributed by atoms with Gasteiger partial charge in [-0.15, -0.1) is 11.8 Å². The molecule has 0 aliphatic carbocycles. The van der Waals surface area contributed by atoms with Crippen molar-refractivity contribution in [1.82, 2.24) is 9.55 Å². The molecule has 2 aromatic heterocycles. The van der Waals surface area contributed by atoms with E-state index in [1.54, 1.807) is 38.3 Å². The smallest absolute Gasteiger partial charge is 0.280 e. The van der Waals surface area contributed by atoms with Crippen molar-refractivity contribution in [3.63, 3.8) is 0 Å². The number of thioether (sulfide) groups is 1. The minimum Gasteiger partial charge on any atom is -0.496 e. The fraction of sp³-hybridized carbons (Fsp3) is 0.138. The molecule has 0 fully saturated rings. The van der Waals surface area contributed by atoms with Crippen LogP contribution in [0.3, 0.4) is 0 Å². The number of aromatic nitrogens is 2. The number of alkyl halides is 2. The second-order valence-electron chi connectivity index (χ2n) is 8.15. The summed E-state index contributed by atoms with van der Waals surface area (Å²) >= 11 is 1.19. The number of carbonyl (C=O) groups excluding carboxylic acids is 1. The van der Waals surface area contributed by atoms with E-state index in [4.69, 9.17) is 4.74 Å². The molecule has 0 unspecified atom stereocenters. The van der Waals surface area contributed by atoms with Crippen molar-refractivity contribution in [1.29, 1.82) is 5.26 Å². The zero-order valence-corrected chi connectivity index (χ0v) is 21.0. The van der Waals surface area contributed by atoms with Gasteiger partial charge in [0.15, 0.2) is 5.78 Å². The van der Waals surface area contributed by atoms with Crippen molar-refractivity contribution < 1.29 is 18.3 Å². The number of hydrogen-bond donors (Lipinski definition) is 0. The molecule has 0 radical (unpaired) electrons. The van der Waals surface area contributed by atoms with Crippen LogP contribution in [-0.4, -0.2) is 22.4 Å². The molecule has 0 saturated carbocycles. The molecule has 0 atom stereocenters. The Kier molecular flexibility index (Phi) is 8.16. The van der Waals surface area contributed by atoms with Gasteiger partial charge < -0.3 is 9.30 Å². The second-order valence-corrected chi connectivity index (χ2v) is 9.12. The van der Waals surface area contributed by atoms with Crippen LogP contribution < -0.4 is 4.74 Å². The van der Waals surface area contributed by atoms with Gasteiger partial charge in [0.2, 0.25) is 0 Å². The number of rotatable bonds is 9. The Hall–Kier alpha value is -4.22. The van der Waals surface area contributed by atoms with Gasteiger partial charge in [-0.1, -0.05) is 12.1 Å². The minimum absolute atomic E-state index is 0.132. The molecule has 2 heterocycles. The quantitative estimate of drug-likeness (QED) is 0.134. The molecule has 0 spiro atoms. The van der Waals surface area contributed by atoms with Gasteiger partial charge in [-0.3, -0.25) is 4.79 Å². The highest BCUT2D eigenvalue weighted by Gasteiger charge is 2.17. The maximum absolute atomic E-state index is 13.2. The van der Waals surface area contributed by atoms with E-state index in [1.807, 2.05) is 53.4 Å². The van der Waals surface area contributed by atoms with Gasteiger partial charge in [-0.2, -0.15) is 5.26 Å². The first-order valence-electron chi connectivity index (χ1n) is 11.3. The lowest BCUT2D eigenvalue weighted by atomic mass is 10.1. The molecular formula is C29H23F2N3O2S. The summed E-state index contributed by atoms with van der Waals surface area (Å²) in [7, 11) is 1.54. The summed E-state index contributed by atoms with van der Waals surface area (Å²) in [5.74, 6) is 0.817. The van der Waals surface area contributed by atoms with E-state index in [2.05, 4.69) is 11.1 Å². The van der Waals surface area contributed by atoms with E-state index < -0.39 is 6.43 Å². The molecule has 37 heavy (non-hydrogen) atoms. The van der Waals surface area contributed by atoms with Crippen molar-refractivity contribution in [2.75, 3.05) is 7.11 Å². The third kappa shape index (κ3) is 6.13. The van der Waals surface area contributed by atoms with E-state index in [9.17, 15) is 18.8 Å². The Morgan fingerprint density at radius 3 is 2.54 bits per heavy atom. The fourth-order valence-electron chi connectivity index (χ4n) is 3.75. The summed E-state index contributed by atoms with van der Waals surface area (Å²) in [5.41, 5.74) is 3.47. The molecular weight excluding hydrogens is 492 g/mol. The number of ether oxygens (including phenoxy) is 1. The summed E-state index contributed by atoms with van der Waals surface area (Å²) < 4.78 is 33.9. The van der Waals surface area contributed by atoms with Crippen LogP contribution in [-0.2, 0) is 5.75 Å². The van der Waals surface area contributed by atoms with Gasteiger partial charge >= 0.3 is 0 Å². The molecule has 8 heteroatoms. The van der Waals surface area contributed by atoms with Crippen LogP contribution in [0.2, 0.25) is 0 Å². The first kappa shape index (κ1) is 25.9.